The molecule has 0 radical (unpaired) electrons. The van der Waals surface area contributed by atoms with Gasteiger partial charge < -0.3 is 20.1 Å². The number of rotatable bonds is 5. The molecule has 1 aliphatic heterocycles. The molecule has 3 aliphatic rings. The summed E-state index contributed by atoms with van der Waals surface area (Å²) in [5.41, 5.74) is 1.57. The molecule has 1 heterocycles. The van der Waals surface area contributed by atoms with Crippen LogP contribution in [0, 0.1) is 23.7 Å². The maximum atomic E-state index is 12.9. The molecule has 7 nitrogen and oxygen atoms in total. The van der Waals surface area contributed by atoms with Gasteiger partial charge in [-0.3, -0.25) is 14.4 Å². The first kappa shape index (κ1) is 18.7. The van der Waals surface area contributed by atoms with Gasteiger partial charge in [0.15, 0.2) is 0 Å². The molecule has 2 N–H and O–H groups in total. The zero-order valence-electron chi connectivity index (χ0n) is 16.5. The molecule has 2 bridgehead atoms. The first-order valence-corrected chi connectivity index (χ1v) is 10.1. The van der Waals surface area contributed by atoms with Crippen LogP contribution in [0.5, 0.6) is 5.75 Å². The van der Waals surface area contributed by atoms with E-state index in [-0.39, 0.29) is 47.6 Å². The third-order valence-electron chi connectivity index (χ3n) is 6.51. The minimum atomic E-state index is -0.351. The lowest BCUT2D eigenvalue weighted by Gasteiger charge is -2.23. The van der Waals surface area contributed by atoms with Crippen molar-refractivity contribution in [3.05, 3.63) is 54.1 Å². The normalized spacial score (nSPS) is 28.2. The lowest BCUT2D eigenvalue weighted by atomic mass is 9.79. The molecule has 0 spiro atoms. The standard InChI is InChI=1S/C23H22N2O5/c1-29-16-7-3-6-15(11-16)24-21(26)12-4-2-5-14(8-12)25-22(27)19-13-9-17-18(10-13)30-23(28)20(17)19/h2-8,11,13,17-20H,9-10H2,1H3,(H,24,26)(H,25,27)/t13-,17-,18+,19-,20-/m0/s1. The van der Waals surface area contributed by atoms with Crippen molar-refractivity contribution >= 4 is 29.2 Å². The fourth-order valence-electron chi connectivity index (χ4n) is 5.23. The average Bonchev–Trinajstić information content (AvgIpc) is 3.37. The number of anilines is 2. The van der Waals surface area contributed by atoms with E-state index in [1.54, 1.807) is 55.6 Å². The molecule has 30 heavy (non-hydrogen) atoms. The minimum Gasteiger partial charge on any atom is -0.497 e. The van der Waals surface area contributed by atoms with Gasteiger partial charge in [-0.25, -0.2) is 0 Å². The minimum absolute atomic E-state index is 0.000171. The molecule has 5 atom stereocenters. The van der Waals surface area contributed by atoms with Gasteiger partial charge in [0.25, 0.3) is 5.91 Å². The van der Waals surface area contributed by atoms with E-state index in [0.29, 0.717) is 22.7 Å². The van der Waals surface area contributed by atoms with Crippen LogP contribution in [0.3, 0.4) is 0 Å². The van der Waals surface area contributed by atoms with Crippen molar-refractivity contribution in [3.63, 3.8) is 0 Å². The average molecular weight is 406 g/mol. The third-order valence-corrected chi connectivity index (χ3v) is 6.51. The van der Waals surface area contributed by atoms with Gasteiger partial charge in [-0.2, -0.15) is 0 Å². The zero-order chi connectivity index (χ0) is 20.8. The highest BCUT2D eigenvalue weighted by Gasteiger charge is 2.63. The number of ether oxygens (including phenoxy) is 2. The lowest BCUT2D eigenvalue weighted by molar-refractivity contribution is -0.145. The predicted molar refractivity (Wildman–Crippen MR) is 109 cm³/mol. The highest BCUT2D eigenvalue weighted by atomic mass is 16.6. The van der Waals surface area contributed by atoms with Gasteiger partial charge in [-0.05, 0) is 49.1 Å². The summed E-state index contributed by atoms with van der Waals surface area (Å²) < 4.78 is 10.6. The highest BCUT2D eigenvalue weighted by molar-refractivity contribution is 6.05. The van der Waals surface area contributed by atoms with E-state index >= 15 is 0 Å². The lowest BCUT2D eigenvalue weighted by Crippen LogP contribution is -2.35. The van der Waals surface area contributed by atoms with E-state index in [0.717, 1.165) is 12.8 Å². The van der Waals surface area contributed by atoms with Crippen molar-refractivity contribution in [2.75, 3.05) is 17.7 Å². The van der Waals surface area contributed by atoms with Crippen molar-refractivity contribution < 1.29 is 23.9 Å². The topological polar surface area (TPSA) is 93.7 Å². The molecule has 2 saturated carbocycles. The van der Waals surface area contributed by atoms with Crippen molar-refractivity contribution in [1.29, 1.82) is 0 Å². The molecule has 1 saturated heterocycles. The fraction of sp³-hybridized carbons (Fsp3) is 0.348. The Balaban J connectivity index is 1.29. The summed E-state index contributed by atoms with van der Waals surface area (Å²) in [4.78, 5) is 37.7. The second kappa shape index (κ2) is 7.16. The van der Waals surface area contributed by atoms with Crippen molar-refractivity contribution in [3.8, 4) is 5.75 Å². The molecule has 2 aromatic rings. The Bertz CT molecular complexity index is 1030. The highest BCUT2D eigenvalue weighted by Crippen LogP contribution is 2.57. The number of hydrogen-bond donors (Lipinski definition) is 2. The largest absolute Gasteiger partial charge is 0.497 e. The number of fused-ring (bicyclic) bond motifs is 1. The fourth-order valence-corrected chi connectivity index (χ4v) is 5.23. The first-order chi connectivity index (χ1) is 14.5. The molecular weight excluding hydrogens is 384 g/mol. The Morgan fingerprint density at radius 1 is 1.03 bits per heavy atom. The van der Waals surface area contributed by atoms with E-state index in [9.17, 15) is 14.4 Å². The Kier molecular flexibility index (Phi) is 4.46. The second-order valence-corrected chi connectivity index (χ2v) is 8.18. The first-order valence-electron chi connectivity index (χ1n) is 10.1. The van der Waals surface area contributed by atoms with Crippen LogP contribution in [-0.2, 0) is 14.3 Å². The summed E-state index contributed by atoms with van der Waals surface area (Å²) >= 11 is 0. The van der Waals surface area contributed by atoms with E-state index in [2.05, 4.69) is 10.6 Å². The molecule has 3 fully saturated rings. The molecule has 154 valence electrons. The van der Waals surface area contributed by atoms with Crippen molar-refractivity contribution in [1.82, 2.24) is 0 Å². The number of methoxy groups -OCH3 is 1. The number of amides is 2. The summed E-state index contributed by atoms with van der Waals surface area (Å²) in [6.45, 7) is 0. The number of carbonyl (C=O) groups is 3. The maximum absolute atomic E-state index is 12.9. The quantitative estimate of drug-likeness (QED) is 0.745. The molecular formula is C23H22N2O5. The zero-order valence-corrected chi connectivity index (χ0v) is 16.5. The van der Waals surface area contributed by atoms with Gasteiger partial charge >= 0.3 is 5.97 Å². The summed E-state index contributed by atoms with van der Waals surface area (Å²) in [6.07, 6.45) is 1.65. The SMILES string of the molecule is COc1cccc(NC(=O)c2cccc(NC(=O)[C@H]3[C@H]4C[C@@H]5[C@@H]3C(=O)O[C@@H]5C4)c2)c1. The molecule has 0 aromatic heterocycles. The molecule has 0 unspecified atom stereocenters. The number of hydrogen-bond acceptors (Lipinski definition) is 5. The van der Waals surface area contributed by atoms with Gasteiger partial charge in [-0.1, -0.05) is 12.1 Å². The van der Waals surface area contributed by atoms with Crippen LogP contribution in [-0.4, -0.2) is 31.0 Å². The summed E-state index contributed by atoms with van der Waals surface area (Å²) in [5.74, 6) is -0.362. The molecule has 7 heteroatoms. The molecule has 2 amide bonds. The Morgan fingerprint density at radius 2 is 1.80 bits per heavy atom. The van der Waals surface area contributed by atoms with Crippen LogP contribution in [0.25, 0.3) is 0 Å². The van der Waals surface area contributed by atoms with Crippen LogP contribution in [0.15, 0.2) is 48.5 Å². The van der Waals surface area contributed by atoms with Gasteiger partial charge in [-0.15, -0.1) is 0 Å². The summed E-state index contributed by atoms with van der Waals surface area (Å²) in [5, 5.41) is 5.73. The van der Waals surface area contributed by atoms with E-state index in [4.69, 9.17) is 9.47 Å². The van der Waals surface area contributed by atoms with E-state index in [1.807, 2.05) is 0 Å². The maximum Gasteiger partial charge on any atom is 0.310 e. The summed E-state index contributed by atoms with van der Waals surface area (Å²) in [7, 11) is 1.56. The van der Waals surface area contributed by atoms with Gasteiger partial charge in [0.2, 0.25) is 5.91 Å². The molecule has 2 aromatic carbocycles. The van der Waals surface area contributed by atoms with Gasteiger partial charge in [0.05, 0.1) is 18.9 Å². The molecule has 2 aliphatic carbocycles. The Morgan fingerprint density at radius 3 is 2.60 bits per heavy atom. The van der Waals surface area contributed by atoms with E-state index in [1.165, 1.54) is 0 Å². The van der Waals surface area contributed by atoms with Crippen molar-refractivity contribution in [2.45, 2.75) is 18.9 Å². The molecule has 5 rings (SSSR count). The van der Waals surface area contributed by atoms with Crippen LogP contribution >= 0.6 is 0 Å². The van der Waals surface area contributed by atoms with Gasteiger partial charge in [0, 0.05) is 28.9 Å². The Hall–Kier alpha value is -3.35. The number of esters is 1. The number of benzene rings is 2. The predicted octanol–water partition coefficient (Wildman–Crippen LogP) is 3.08. The number of carbonyl (C=O) groups excluding carboxylic acids is 3. The third kappa shape index (κ3) is 3.10. The van der Waals surface area contributed by atoms with E-state index < -0.39 is 0 Å². The monoisotopic (exact) mass is 406 g/mol. The van der Waals surface area contributed by atoms with Crippen LogP contribution < -0.4 is 15.4 Å². The van der Waals surface area contributed by atoms with Crippen LogP contribution in [0.4, 0.5) is 11.4 Å². The second-order valence-electron chi connectivity index (χ2n) is 8.18. The van der Waals surface area contributed by atoms with Crippen LogP contribution in [0.1, 0.15) is 23.2 Å². The number of nitrogens with one attached hydrogen (secondary N) is 2. The van der Waals surface area contributed by atoms with Gasteiger partial charge in [0.1, 0.15) is 11.9 Å². The smallest absolute Gasteiger partial charge is 0.310 e. The Labute approximate surface area is 173 Å². The van der Waals surface area contributed by atoms with Crippen LogP contribution in [0.2, 0.25) is 0 Å². The summed E-state index contributed by atoms with van der Waals surface area (Å²) in [6, 6.07) is 13.9. The van der Waals surface area contributed by atoms with Crippen molar-refractivity contribution in [2.24, 2.45) is 23.7 Å².